The molecule has 1 aromatic carbocycles. The molecule has 4 N–H and O–H groups in total. The van der Waals surface area contributed by atoms with Gasteiger partial charge in [-0.3, -0.25) is 0 Å². The second kappa shape index (κ2) is 18.9. The number of rotatable bonds is 0. The van der Waals surface area contributed by atoms with Gasteiger partial charge in [-0.2, -0.15) is 0 Å². The molecule has 0 fully saturated rings. The molecule has 0 saturated heterocycles. The number of aryl methyl sites for hydroxylation is 1. The Hall–Kier alpha value is -2.84. The van der Waals surface area contributed by atoms with E-state index in [1.807, 2.05) is 25.1 Å². The van der Waals surface area contributed by atoms with Crippen molar-refractivity contribution in [3.63, 3.8) is 0 Å². The number of isocyanates is 3. The molecule has 0 spiro atoms. The molecule has 0 radical (unpaired) electrons. The Labute approximate surface area is 97.2 Å². The maximum Gasteiger partial charge on any atom is 0.231 e. The minimum atomic E-state index is 0.368. The van der Waals surface area contributed by atoms with Gasteiger partial charge >= 0.3 is 0 Å². The summed E-state index contributed by atoms with van der Waals surface area (Å²) in [5.74, 6) is 0.368. The lowest BCUT2D eigenvalue weighted by Crippen LogP contribution is -1.68. The first kappa shape index (κ1) is 19.7. The van der Waals surface area contributed by atoms with Gasteiger partial charge in [-0.25, -0.2) is 30.6 Å². The maximum absolute atomic E-state index is 8.92. The highest BCUT2D eigenvalue weighted by atomic mass is 16.3. The van der Waals surface area contributed by atoms with Crippen LogP contribution in [0.25, 0.3) is 0 Å². The lowest BCUT2D eigenvalue weighted by Gasteiger charge is -1.92. The summed E-state index contributed by atoms with van der Waals surface area (Å²) in [4.78, 5) is 25.0. The zero-order valence-electron chi connectivity index (χ0n) is 8.98. The van der Waals surface area contributed by atoms with E-state index >= 15 is 0 Å². The Bertz CT molecular complexity index is 350. The third-order valence-electron chi connectivity index (χ3n) is 1.12. The molecule has 7 heteroatoms. The molecular weight excluding hydrogens is 226 g/mol. The molecule has 1 aromatic rings. The number of hydrogen-bond acceptors (Lipinski definition) is 7. The van der Waals surface area contributed by atoms with E-state index in [1.54, 1.807) is 6.07 Å². The van der Waals surface area contributed by atoms with Crippen molar-refractivity contribution < 1.29 is 19.5 Å². The van der Waals surface area contributed by atoms with E-state index in [-0.39, 0.29) is 0 Å². The van der Waals surface area contributed by atoms with Crippen molar-refractivity contribution in [3.8, 4) is 5.75 Å². The highest BCUT2D eigenvalue weighted by Gasteiger charge is 1.86. The van der Waals surface area contributed by atoms with Crippen LogP contribution in [0.1, 0.15) is 5.56 Å². The van der Waals surface area contributed by atoms with Crippen LogP contribution in [0.15, 0.2) is 24.3 Å². The molecule has 0 saturated carbocycles. The van der Waals surface area contributed by atoms with Crippen LogP contribution in [0.3, 0.4) is 0 Å². The summed E-state index contributed by atoms with van der Waals surface area (Å²) in [7, 11) is 0. The molecule has 0 aromatic heterocycles. The van der Waals surface area contributed by atoms with Gasteiger partial charge < -0.3 is 5.11 Å². The van der Waals surface area contributed by atoms with Crippen molar-refractivity contribution in [1.29, 1.82) is 16.2 Å². The van der Waals surface area contributed by atoms with E-state index < -0.39 is 0 Å². The lowest BCUT2D eigenvalue weighted by atomic mass is 10.2. The van der Waals surface area contributed by atoms with Gasteiger partial charge in [-0.15, -0.1) is 0 Å². The summed E-state index contributed by atoms with van der Waals surface area (Å²) in [6.07, 6.45) is 2.25. The summed E-state index contributed by atoms with van der Waals surface area (Å²) >= 11 is 0. The predicted octanol–water partition coefficient (Wildman–Crippen LogP) is 1.40. The summed E-state index contributed by atoms with van der Waals surface area (Å²) in [6, 6.07) is 7.25. The monoisotopic (exact) mass is 237 g/mol. The number of para-hydroxylation sites is 1. The molecule has 0 atom stereocenters. The molecule has 0 unspecified atom stereocenters. The van der Waals surface area contributed by atoms with Crippen molar-refractivity contribution in [3.05, 3.63) is 29.8 Å². The van der Waals surface area contributed by atoms with Gasteiger partial charge in [-0.1, -0.05) is 18.2 Å². The Morgan fingerprint density at radius 1 is 0.941 bits per heavy atom. The largest absolute Gasteiger partial charge is 0.508 e. The quantitative estimate of drug-likeness (QED) is 0.399. The summed E-state index contributed by atoms with van der Waals surface area (Å²) in [5, 5.41) is 25.1. The summed E-state index contributed by atoms with van der Waals surface area (Å²) in [5.41, 5.74) is 0.924. The number of aromatic hydroxyl groups is 1. The van der Waals surface area contributed by atoms with Gasteiger partial charge in [0.05, 0.1) is 0 Å². The lowest BCUT2D eigenvalue weighted by molar-refractivity contribution is 0.471. The second-order valence-corrected chi connectivity index (χ2v) is 2.09. The van der Waals surface area contributed by atoms with Crippen molar-refractivity contribution >= 4 is 18.2 Å². The standard InChI is InChI=1S/C7H8O.3CHNO/c1-6-4-2-3-5-7(6)8;3*2-1-3/h2-5,8H,1H3;3*2H. The predicted molar refractivity (Wildman–Crippen MR) is 58.1 cm³/mol. The molecule has 90 valence electrons. The van der Waals surface area contributed by atoms with Gasteiger partial charge in [0, 0.05) is 0 Å². The van der Waals surface area contributed by atoms with Gasteiger partial charge in [0.25, 0.3) is 0 Å². The Morgan fingerprint density at radius 3 is 1.41 bits per heavy atom. The number of benzene rings is 1. The number of hydrogen-bond donors (Lipinski definition) is 4. The van der Waals surface area contributed by atoms with Crippen LogP contribution in [0.4, 0.5) is 0 Å². The maximum atomic E-state index is 8.92. The third kappa shape index (κ3) is 24.6. The zero-order valence-corrected chi connectivity index (χ0v) is 8.98. The van der Waals surface area contributed by atoms with Crippen molar-refractivity contribution in [2.24, 2.45) is 0 Å². The average molecular weight is 237 g/mol. The fourth-order valence-corrected chi connectivity index (χ4v) is 0.563. The van der Waals surface area contributed by atoms with Crippen LogP contribution in [0, 0.1) is 23.2 Å². The van der Waals surface area contributed by atoms with Crippen molar-refractivity contribution in [1.82, 2.24) is 0 Å². The molecule has 0 heterocycles. The van der Waals surface area contributed by atoms with E-state index in [0.717, 1.165) is 23.8 Å². The number of carbonyl (C=O) groups excluding carboxylic acids is 3. The molecule has 7 nitrogen and oxygen atoms in total. The fourth-order valence-electron chi connectivity index (χ4n) is 0.563. The van der Waals surface area contributed by atoms with Gasteiger partial charge in [0.15, 0.2) is 0 Å². The third-order valence-corrected chi connectivity index (χ3v) is 1.12. The minimum Gasteiger partial charge on any atom is -0.508 e. The van der Waals surface area contributed by atoms with Crippen LogP contribution >= 0.6 is 0 Å². The highest BCUT2D eigenvalue weighted by molar-refractivity contribution is 5.29. The van der Waals surface area contributed by atoms with E-state index in [9.17, 15) is 0 Å². The molecule has 0 aliphatic heterocycles. The first-order valence-electron chi connectivity index (χ1n) is 3.91. The fraction of sp³-hybridized carbons (Fsp3) is 0.100. The first-order valence-corrected chi connectivity index (χ1v) is 3.91. The van der Waals surface area contributed by atoms with Crippen LogP contribution in [0.2, 0.25) is 0 Å². The van der Waals surface area contributed by atoms with E-state index in [1.165, 1.54) is 0 Å². The Kier molecular flexibility index (Phi) is 21.8. The van der Waals surface area contributed by atoms with E-state index in [2.05, 4.69) is 0 Å². The topological polar surface area (TPSA) is 143 Å². The SMILES string of the molecule is Cc1ccccc1O.N=C=O.N=C=O.N=C=O. The normalized spacial score (nSPS) is 5.71. The van der Waals surface area contributed by atoms with Crippen LogP contribution < -0.4 is 0 Å². The Balaban J connectivity index is -0.000000184. The molecule has 0 aliphatic carbocycles. The van der Waals surface area contributed by atoms with Gasteiger partial charge in [0.1, 0.15) is 5.75 Å². The molecule has 17 heavy (non-hydrogen) atoms. The van der Waals surface area contributed by atoms with Crippen LogP contribution in [-0.2, 0) is 14.4 Å². The molecule has 1 rings (SSSR count). The van der Waals surface area contributed by atoms with Crippen LogP contribution in [0.5, 0.6) is 5.75 Å². The molecular formula is C10H11N3O4. The van der Waals surface area contributed by atoms with E-state index in [4.69, 9.17) is 35.7 Å². The first-order chi connectivity index (χ1) is 8.05. The number of nitrogens with one attached hydrogen (secondary N) is 3. The highest BCUT2D eigenvalue weighted by Crippen LogP contribution is 2.12. The average Bonchev–Trinajstić information content (AvgIpc) is 2.26. The summed E-state index contributed by atoms with van der Waals surface area (Å²) in [6.45, 7) is 1.87. The zero-order chi connectivity index (χ0) is 14.1. The van der Waals surface area contributed by atoms with Gasteiger partial charge in [-0.05, 0) is 18.6 Å². The minimum absolute atomic E-state index is 0.368. The molecule has 0 bridgehead atoms. The molecule has 0 aliphatic rings. The van der Waals surface area contributed by atoms with Crippen LogP contribution in [-0.4, -0.2) is 23.3 Å². The number of phenolic OH excluding ortho intramolecular Hbond substituents is 1. The van der Waals surface area contributed by atoms with Gasteiger partial charge in [0.2, 0.25) is 18.2 Å². The van der Waals surface area contributed by atoms with E-state index in [0.29, 0.717) is 5.75 Å². The second-order valence-electron chi connectivity index (χ2n) is 2.09. The van der Waals surface area contributed by atoms with Crippen molar-refractivity contribution in [2.45, 2.75) is 6.92 Å². The molecule has 0 amide bonds. The van der Waals surface area contributed by atoms with Crippen molar-refractivity contribution in [2.75, 3.05) is 0 Å². The Morgan fingerprint density at radius 2 is 1.24 bits per heavy atom. The summed E-state index contributed by atoms with van der Waals surface area (Å²) < 4.78 is 0. The number of phenols is 1. The smallest absolute Gasteiger partial charge is 0.231 e.